The lowest BCUT2D eigenvalue weighted by atomic mass is 10.2. The number of halogens is 2. The minimum atomic E-state index is -0.331. The van der Waals surface area contributed by atoms with Gasteiger partial charge in [0.25, 0.3) is 0 Å². The molecular weight excluding hydrogens is 299 g/mol. The van der Waals surface area contributed by atoms with Crippen LogP contribution in [0, 0.1) is 5.82 Å². The van der Waals surface area contributed by atoms with Gasteiger partial charge in [-0.05, 0) is 45.8 Å². The molecule has 4 heteroatoms. The van der Waals surface area contributed by atoms with Gasteiger partial charge in [-0.1, -0.05) is 18.2 Å². The highest BCUT2D eigenvalue weighted by Gasteiger charge is 2.06. The lowest BCUT2D eigenvalue weighted by Gasteiger charge is -2.09. The average Bonchev–Trinajstić information content (AvgIpc) is 2.41. The molecule has 2 nitrogen and oxygen atoms in total. The van der Waals surface area contributed by atoms with Gasteiger partial charge in [0, 0.05) is 0 Å². The first-order chi connectivity index (χ1) is 8.70. The van der Waals surface area contributed by atoms with Gasteiger partial charge in [0.1, 0.15) is 23.9 Å². The molecule has 0 atom stereocenters. The second-order valence-electron chi connectivity index (χ2n) is 3.69. The normalized spacial score (nSPS) is 10.2. The first-order valence-electron chi connectivity index (χ1n) is 5.40. The third-order valence-electron chi connectivity index (χ3n) is 2.47. The molecule has 2 rings (SSSR count). The van der Waals surface area contributed by atoms with Gasteiger partial charge in [-0.3, -0.25) is 0 Å². The molecule has 0 aliphatic rings. The van der Waals surface area contributed by atoms with Gasteiger partial charge in [0.15, 0.2) is 0 Å². The van der Waals surface area contributed by atoms with Gasteiger partial charge in [-0.15, -0.1) is 0 Å². The molecule has 0 spiro atoms. The first-order valence-corrected chi connectivity index (χ1v) is 6.20. The lowest BCUT2D eigenvalue weighted by Crippen LogP contribution is -1.97. The maximum absolute atomic E-state index is 13.3. The fourth-order valence-corrected chi connectivity index (χ4v) is 1.86. The van der Waals surface area contributed by atoms with Crippen molar-refractivity contribution >= 4 is 15.9 Å². The number of ether oxygens (including phenoxy) is 2. The quantitative estimate of drug-likeness (QED) is 0.843. The first kappa shape index (κ1) is 12.9. The Balaban J connectivity index is 2.04. The lowest BCUT2D eigenvalue weighted by molar-refractivity contribution is 0.302. The van der Waals surface area contributed by atoms with Crippen LogP contribution in [0.25, 0.3) is 0 Å². The Bertz CT molecular complexity index is 526. The van der Waals surface area contributed by atoms with Crippen LogP contribution in [0.2, 0.25) is 0 Å². The van der Waals surface area contributed by atoms with E-state index in [1.165, 1.54) is 6.07 Å². The van der Waals surface area contributed by atoms with Gasteiger partial charge in [0.05, 0.1) is 11.6 Å². The van der Waals surface area contributed by atoms with Gasteiger partial charge in [-0.25, -0.2) is 4.39 Å². The second-order valence-corrected chi connectivity index (χ2v) is 4.48. The highest BCUT2D eigenvalue weighted by Crippen LogP contribution is 2.28. The smallest absolute Gasteiger partial charge is 0.141 e. The average molecular weight is 311 g/mol. The molecule has 94 valence electrons. The van der Waals surface area contributed by atoms with Crippen molar-refractivity contribution in [2.75, 3.05) is 7.11 Å². The zero-order valence-corrected chi connectivity index (χ0v) is 11.4. The van der Waals surface area contributed by atoms with E-state index in [2.05, 4.69) is 15.9 Å². The molecule has 0 aromatic heterocycles. The molecule has 0 aliphatic heterocycles. The second kappa shape index (κ2) is 5.87. The fraction of sp³-hybridized carbons (Fsp3) is 0.143. The van der Waals surface area contributed by atoms with E-state index in [9.17, 15) is 4.39 Å². The van der Waals surface area contributed by atoms with Crippen LogP contribution in [-0.4, -0.2) is 7.11 Å². The Morgan fingerprint density at radius 1 is 1.11 bits per heavy atom. The summed E-state index contributed by atoms with van der Waals surface area (Å²) >= 11 is 3.16. The topological polar surface area (TPSA) is 18.5 Å². The summed E-state index contributed by atoms with van der Waals surface area (Å²) in [6.45, 7) is 0.381. The zero-order chi connectivity index (χ0) is 13.0. The van der Waals surface area contributed by atoms with Crippen LogP contribution in [0.4, 0.5) is 4.39 Å². The number of hydrogen-bond acceptors (Lipinski definition) is 2. The van der Waals surface area contributed by atoms with E-state index in [0.717, 1.165) is 11.3 Å². The van der Waals surface area contributed by atoms with E-state index in [4.69, 9.17) is 9.47 Å². The van der Waals surface area contributed by atoms with Crippen LogP contribution < -0.4 is 9.47 Å². The van der Waals surface area contributed by atoms with E-state index >= 15 is 0 Å². The van der Waals surface area contributed by atoms with Crippen LogP contribution in [0.5, 0.6) is 11.5 Å². The summed E-state index contributed by atoms with van der Waals surface area (Å²) in [5, 5.41) is 0. The summed E-state index contributed by atoms with van der Waals surface area (Å²) in [4.78, 5) is 0. The van der Waals surface area contributed by atoms with Crippen molar-refractivity contribution in [3.63, 3.8) is 0 Å². The number of hydrogen-bond donors (Lipinski definition) is 0. The zero-order valence-electron chi connectivity index (χ0n) is 9.82. The Hall–Kier alpha value is -1.55. The Kier molecular flexibility index (Phi) is 4.20. The molecule has 18 heavy (non-hydrogen) atoms. The summed E-state index contributed by atoms with van der Waals surface area (Å²) in [6.07, 6.45) is 0. The standard InChI is InChI=1S/C14H12BrFO2/c1-17-11-7-5-10(6-8-11)9-18-13-4-2-3-12(16)14(13)15/h2-8H,9H2,1H3. The Labute approximate surface area is 113 Å². The molecule has 0 unspecified atom stereocenters. The van der Waals surface area contributed by atoms with E-state index < -0.39 is 0 Å². The highest BCUT2D eigenvalue weighted by molar-refractivity contribution is 9.10. The summed E-state index contributed by atoms with van der Waals surface area (Å²) in [6, 6.07) is 12.3. The van der Waals surface area contributed by atoms with Gasteiger partial charge < -0.3 is 9.47 Å². The van der Waals surface area contributed by atoms with E-state index in [-0.39, 0.29) is 5.82 Å². The van der Waals surface area contributed by atoms with Crippen molar-refractivity contribution in [1.29, 1.82) is 0 Å². The van der Waals surface area contributed by atoms with Crippen LogP contribution >= 0.6 is 15.9 Å². The predicted octanol–water partition coefficient (Wildman–Crippen LogP) is 4.18. The fourth-order valence-electron chi connectivity index (χ4n) is 1.48. The monoisotopic (exact) mass is 310 g/mol. The van der Waals surface area contributed by atoms with Crippen LogP contribution in [0.1, 0.15) is 5.56 Å². The molecule has 0 radical (unpaired) electrons. The molecular formula is C14H12BrFO2. The predicted molar refractivity (Wildman–Crippen MR) is 71.4 cm³/mol. The summed E-state index contributed by atoms with van der Waals surface area (Å²) in [5.74, 6) is 0.957. The van der Waals surface area contributed by atoms with E-state index in [1.54, 1.807) is 19.2 Å². The minimum Gasteiger partial charge on any atom is -0.497 e. The van der Waals surface area contributed by atoms with Crippen molar-refractivity contribution in [1.82, 2.24) is 0 Å². The summed E-state index contributed by atoms with van der Waals surface area (Å²) < 4.78 is 24.2. The number of rotatable bonds is 4. The SMILES string of the molecule is COc1ccc(COc2cccc(F)c2Br)cc1. The molecule has 0 saturated heterocycles. The molecule has 0 heterocycles. The Morgan fingerprint density at radius 2 is 1.83 bits per heavy atom. The summed E-state index contributed by atoms with van der Waals surface area (Å²) in [7, 11) is 1.62. The molecule has 0 N–H and O–H groups in total. The third-order valence-corrected chi connectivity index (χ3v) is 3.24. The molecule has 0 fully saturated rings. The maximum atomic E-state index is 13.3. The van der Waals surface area contributed by atoms with Crippen molar-refractivity contribution in [2.24, 2.45) is 0 Å². The van der Waals surface area contributed by atoms with Gasteiger partial charge >= 0.3 is 0 Å². The molecule has 0 amide bonds. The minimum absolute atomic E-state index is 0.331. The molecule has 2 aromatic rings. The number of methoxy groups -OCH3 is 1. The molecule has 0 aliphatic carbocycles. The number of benzene rings is 2. The largest absolute Gasteiger partial charge is 0.497 e. The van der Waals surface area contributed by atoms with Crippen LogP contribution in [0.3, 0.4) is 0 Å². The van der Waals surface area contributed by atoms with Crippen LogP contribution in [0.15, 0.2) is 46.9 Å². The highest BCUT2D eigenvalue weighted by atomic mass is 79.9. The van der Waals surface area contributed by atoms with Gasteiger partial charge in [-0.2, -0.15) is 0 Å². The van der Waals surface area contributed by atoms with Crippen molar-refractivity contribution in [3.8, 4) is 11.5 Å². The molecule has 0 saturated carbocycles. The van der Waals surface area contributed by atoms with Crippen molar-refractivity contribution in [2.45, 2.75) is 6.61 Å². The maximum Gasteiger partial charge on any atom is 0.141 e. The summed E-state index contributed by atoms with van der Waals surface area (Å²) in [5.41, 5.74) is 0.993. The van der Waals surface area contributed by atoms with E-state index in [1.807, 2.05) is 24.3 Å². The Morgan fingerprint density at radius 3 is 2.50 bits per heavy atom. The molecule has 2 aromatic carbocycles. The third kappa shape index (κ3) is 3.01. The molecule has 0 bridgehead atoms. The van der Waals surface area contributed by atoms with Crippen molar-refractivity contribution in [3.05, 3.63) is 58.3 Å². The van der Waals surface area contributed by atoms with E-state index in [0.29, 0.717) is 16.8 Å². The van der Waals surface area contributed by atoms with Gasteiger partial charge in [0.2, 0.25) is 0 Å². The van der Waals surface area contributed by atoms with Crippen molar-refractivity contribution < 1.29 is 13.9 Å². The van der Waals surface area contributed by atoms with Crippen LogP contribution in [-0.2, 0) is 6.61 Å².